The highest BCUT2D eigenvalue weighted by Gasteiger charge is 2.25. The molecule has 2 N–H and O–H groups in total. The van der Waals surface area contributed by atoms with Crippen molar-refractivity contribution in [3.8, 4) is 11.1 Å². The second-order valence-corrected chi connectivity index (χ2v) is 7.80. The first-order valence-corrected chi connectivity index (χ1v) is 11.0. The summed E-state index contributed by atoms with van der Waals surface area (Å²) in [5, 5.41) is 5.68. The summed E-state index contributed by atoms with van der Waals surface area (Å²) < 4.78 is 19.3. The van der Waals surface area contributed by atoms with Gasteiger partial charge >= 0.3 is 0 Å². The van der Waals surface area contributed by atoms with Crippen LogP contribution in [0.1, 0.15) is 35.5 Å². The molecule has 33 heavy (non-hydrogen) atoms. The van der Waals surface area contributed by atoms with E-state index in [2.05, 4.69) is 29.4 Å². The lowest BCUT2D eigenvalue weighted by Gasteiger charge is -2.18. The number of nitrogens with one attached hydrogen (secondary N) is 2. The van der Waals surface area contributed by atoms with E-state index in [4.69, 9.17) is 4.42 Å². The lowest BCUT2D eigenvalue weighted by Crippen LogP contribution is -2.34. The van der Waals surface area contributed by atoms with Crippen molar-refractivity contribution in [1.82, 2.24) is 10.2 Å². The molecular formula is C26H26FN3O3. The minimum absolute atomic E-state index is 0.129. The molecule has 0 saturated heterocycles. The summed E-state index contributed by atoms with van der Waals surface area (Å²) in [5.74, 6) is -0.391. The maximum atomic E-state index is 13.7. The molecule has 1 aromatic heterocycles. The number of hydrogen-bond donors (Lipinski definition) is 2. The van der Waals surface area contributed by atoms with Gasteiger partial charge in [0.25, 0.3) is 11.8 Å². The smallest absolute Gasteiger partial charge is 0.256 e. The van der Waals surface area contributed by atoms with E-state index in [0.717, 1.165) is 30.8 Å². The van der Waals surface area contributed by atoms with Crippen LogP contribution < -0.4 is 10.6 Å². The van der Waals surface area contributed by atoms with Gasteiger partial charge in [-0.3, -0.25) is 9.59 Å². The van der Waals surface area contributed by atoms with Crippen molar-refractivity contribution in [3.63, 3.8) is 0 Å². The number of anilines is 1. The largest absolute Gasteiger partial charge is 0.464 e. The molecule has 0 aliphatic carbocycles. The zero-order valence-electron chi connectivity index (χ0n) is 18.7. The third-order valence-corrected chi connectivity index (χ3v) is 5.74. The minimum atomic E-state index is -0.413. The van der Waals surface area contributed by atoms with Gasteiger partial charge in [-0.1, -0.05) is 26.0 Å². The molecular weight excluding hydrogens is 421 g/mol. The Morgan fingerprint density at radius 3 is 2.73 bits per heavy atom. The number of furan rings is 1. The Labute approximate surface area is 192 Å². The molecule has 2 heterocycles. The molecule has 170 valence electrons. The summed E-state index contributed by atoms with van der Waals surface area (Å²) in [6.07, 6.45) is 3.16. The van der Waals surface area contributed by atoms with Crippen molar-refractivity contribution in [2.24, 2.45) is 0 Å². The number of benzene rings is 2. The van der Waals surface area contributed by atoms with Crippen molar-refractivity contribution < 1.29 is 18.4 Å². The minimum Gasteiger partial charge on any atom is -0.464 e. The number of carbonyl (C=O) groups is 2. The molecule has 2 aromatic carbocycles. The van der Waals surface area contributed by atoms with Crippen LogP contribution in [0.5, 0.6) is 0 Å². The molecule has 0 fully saturated rings. The van der Waals surface area contributed by atoms with E-state index < -0.39 is 5.82 Å². The monoisotopic (exact) mass is 447 g/mol. The second kappa shape index (κ2) is 9.83. The molecule has 0 unspecified atom stereocenters. The van der Waals surface area contributed by atoms with E-state index in [0.29, 0.717) is 34.7 Å². The fourth-order valence-corrected chi connectivity index (χ4v) is 3.84. The Hall–Kier alpha value is -3.71. The van der Waals surface area contributed by atoms with Gasteiger partial charge < -0.3 is 20.0 Å². The first-order valence-electron chi connectivity index (χ1n) is 11.0. The van der Waals surface area contributed by atoms with E-state index >= 15 is 0 Å². The van der Waals surface area contributed by atoms with Gasteiger partial charge in [-0.15, -0.1) is 0 Å². The van der Waals surface area contributed by atoms with Crippen LogP contribution in [0.3, 0.4) is 0 Å². The van der Waals surface area contributed by atoms with Crippen molar-refractivity contribution in [3.05, 3.63) is 77.5 Å². The predicted octanol–water partition coefficient (Wildman–Crippen LogP) is 4.65. The molecule has 3 aromatic rings. The number of fused-ring (bicyclic) bond motifs is 1. The fourth-order valence-electron chi connectivity index (χ4n) is 3.84. The van der Waals surface area contributed by atoms with Gasteiger partial charge in [0.05, 0.1) is 11.8 Å². The van der Waals surface area contributed by atoms with Gasteiger partial charge in [-0.05, 0) is 61.1 Å². The van der Waals surface area contributed by atoms with E-state index in [1.54, 1.807) is 24.5 Å². The summed E-state index contributed by atoms with van der Waals surface area (Å²) in [5.41, 5.74) is 3.57. The van der Waals surface area contributed by atoms with Crippen LogP contribution in [-0.2, 0) is 4.79 Å². The molecule has 0 bridgehead atoms. The lowest BCUT2D eigenvalue weighted by molar-refractivity contribution is -0.110. The van der Waals surface area contributed by atoms with Gasteiger partial charge in [-0.25, -0.2) is 4.39 Å². The van der Waals surface area contributed by atoms with Crippen LogP contribution in [0.15, 0.2) is 59.2 Å². The van der Waals surface area contributed by atoms with Crippen LogP contribution >= 0.6 is 0 Å². The van der Waals surface area contributed by atoms with Crippen LogP contribution in [-0.4, -0.2) is 42.9 Å². The molecule has 0 atom stereocenters. The highest BCUT2D eigenvalue weighted by Crippen LogP contribution is 2.34. The average Bonchev–Trinajstić information content (AvgIpc) is 3.41. The molecule has 7 heteroatoms. The molecule has 6 nitrogen and oxygen atoms in total. The summed E-state index contributed by atoms with van der Waals surface area (Å²) in [4.78, 5) is 27.1. The summed E-state index contributed by atoms with van der Waals surface area (Å²) in [6.45, 7) is 7.48. The highest BCUT2D eigenvalue weighted by atomic mass is 19.1. The number of hydrogen-bond acceptors (Lipinski definition) is 4. The number of likely N-dealkylation sites (N-methyl/N-ethyl adjacent to an activating group) is 1. The highest BCUT2D eigenvalue weighted by molar-refractivity contribution is 6.34. The van der Waals surface area contributed by atoms with Crippen molar-refractivity contribution >= 4 is 29.2 Å². The van der Waals surface area contributed by atoms with Crippen LogP contribution in [0, 0.1) is 5.82 Å². The van der Waals surface area contributed by atoms with Crippen LogP contribution in [0.4, 0.5) is 10.1 Å². The molecule has 1 aliphatic heterocycles. The summed E-state index contributed by atoms with van der Waals surface area (Å²) in [7, 11) is 0. The SMILES string of the molecule is CCN(CC)CCNC(=O)c1cccc(-c2coc(C=C3C(=O)Nc4ccc(F)cc43)c2)c1. The Morgan fingerprint density at radius 1 is 1.12 bits per heavy atom. The first-order chi connectivity index (χ1) is 16.0. The molecule has 4 rings (SSSR count). The van der Waals surface area contributed by atoms with E-state index in [1.807, 2.05) is 18.2 Å². The normalized spacial score (nSPS) is 13.9. The molecule has 1 aliphatic rings. The Bertz CT molecular complexity index is 1210. The van der Waals surface area contributed by atoms with E-state index in [1.165, 1.54) is 18.2 Å². The average molecular weight is 448 g/mol. The predicted molar refractivity (Wildman–Crippen MR) is 127 cm³/mol. The zero-order valence-corrected chi connectivity index (χ0v) is 18.7. The van der Waals surface area contributed by atoms with E-state index in [-0.39, 0.29) is 11.8 Å². The maximum absolute atomic E-state index is 13.7. The standard InChI is InChI=1S/C26H26FN3O3/c1-3-30(4-2)11-10-28-25(31)18-7-5-6-17(12-18)19-13-21(33-16-19)15-23-22-14-20(27)8-9-24(22)29-26(23)32/h5-9,12-16H,3-4,10-11H2,1-2H3,(H,28,31)(H,29,32). The van der Waals surface area contributed by atoms with Crippen molar-refractivity contribution in [1.29, 1.82) is 0 Å². The number of amides is 2. The maximum Gasteiger partial charge on any atom is 0.256 e. The summed E-state index contributed by atoms with van der Waals surface area (Å²) >= 11 is 0. The van der Waals surface area contributed by atoms with Gasteiger partial charge in [0.2, 0.25) is 0 Å². The number of nitrogens with zero attached hydrogens (tertiary/aromatic N) is 1. The van der Waals surface area contributed by atoms with Gasteiger partial charge in [0.15, 0.2) is 0 Å². The Kier molecular flexibility index (Phi) is 6.70. The topological polar surface area (TPSA) is 74.6 Å². The van der Waals surface area contributed by atoms with Crippen molar-refractivity contribution in [2.75, 3.05) is 31.5 Å². The quantitative estimate of drug-likeness (QED) is 0.493. The van der Waals surface area contributed by atoms with Crippen LogP contribution in [0.2, 0.25) is 0 Å². The second-order valence-electron chi connectivity index (χ2n) is 7.80. The van der Waals surface area contributed by atoms with Crippen molar-refractivity contribution in [2.45, 2.75) is 13.8 Å². The summed E-state index contributed by atoms with van der Waals surface area (Å²) in [6, 6.07) is 13.2. The third-order valence-electron chi connectivity index (χ3n) is 5.74. The molecule has 0 spiro atoms. The van der Waals surface area contributed by atoms with Gasteiger partial charge in [-0.2, -0.15) is 0 Å². The fraction of sp³-hybridized carbons (Fsp3) is 0.231. The first kappa shape index (κ1) is 22.5. The van der Waals surface area contributed by atoms with Gasteiger partial charge in [0, 0.05) is 35.5 Å². The van der Waals surface area contributed by atoms with Gasteiger partial charge in [0.1, 0.15) is 11.6 Å². The zero-order chi connectivity index (χ0) is 23.4. The Balaban J connectivity index is 1.50. The lowest BCUT2D eigenvalue weighted by atomic mass is 10.0. The molecule has 0 saturated carbocycles. The van der Waals surface area contributed by atoms with E-state index in [9.17, 15) is 14.0 Å². The Morgan fingerprint density at radius 2 is 1.94 bits per heavy atom. The number of carbonyl (C=O) groups excluding carboxylic acids is 2. The molecule has 2 amide bonds. The number of halogens is 1. The number of rotatable bonds is 8. The third kappa shape index (κ3) is 5.04. The molecule has 0 radical (unpaired) electrons. The van der Waals surface area contributed by atoms with Crippen LogP contribution in [0.25, 0.3) is 22.8 Å².